The topological polar surface area (TPSA) is 49.8 Å². The third-order valence-electron chi connectivity index (χ3n) is 2.15. The van der Waals surface area contributed by atoms with Crippen molar-refractivity contribution in [2.75, 3.05) is 13.1 Å². The monoisotopic (exact) mass is 279 g/mol. The molecule has 2 atom stereocenters. The van der Waals surface area contributed by atoms with Gasteiger partial charge in [0.25, 0.3) is 0 Å². The molecule has 15 heavy (non-hydrogen) atoms. The highest BCUT2D eigenvalue weighted by Crippen LogP contribution is 2.20. The zero-order valence-corrected chi connectivity index (χ0v) is 11.0. The summed E-state index contributed by atoms with van der Waals surface area (Å²) in [4.78, 5) is 13.3. The summed E-state index contributed by atoms with van der Waals surface area (Å²) in [5.41, 5.74) is -0.479. The number of aliphatic hydroxyl groups excluding tert-OH is 1. The summed E-state index contributed by atoms with van der Waals surface area (Å²) < 4.78 is 5.22. The van der Waals surface area contributed by atoms with E-state index in [1.807, 2.05) is 20.8 Å². The van der Waals surface area contributed by atoms with E-state index < -0.39 is 11.7 Å². The quantitative estimate of drug-likeness (QED) is 0.688. The van der Waals surface area contributed by atoms with Crippen LogP contribution in [0.1, 0.15) is 27.2 Å². The number of carbonyl (C=O) groups is 1. The van der Waals surface area contributed by atoms with E-state index in [1.54, 1.807) is 4.90 Å². The van der Waals surface area contributed by atoms with E-state index in [2.05, 4.69) is 15.9 Å². The van der Waals surface area contributed by atoms with Crippen LogP contribution in [-0.4, -0.2) is 45.7 Å². The lowest BCUT2D eigenvalue weighted by Gasteiger charge is -2.34. The van der Waals surface area contributed by atoms with Crippen molar-refractivity contribution in [2.45, 2.75) is 43.7 Å². The van der Waals surface area contributed by atoms with Gasteiger partial charge in [-0.1, -0.05) is 15.9 Å². The molecule has 1 aliphatic heterocycles. The van der Waals surface area contributed by atoms with Gasteiger partial charge in [0.2, 0.25) is 0 Å². The molecule has 5 heteroatoms. The first kappa shape index (κ1) is 12.8. The second kappa shape index (κ2) is 4.70. The number of β-amino-alcohol motifs (C(OH)–C–C–N with tert-alkyl or cyclic N) is 1. The number of rotatable bonds is 0. The second-order valence-corrected chi connectivity index (χ2v) is 5.97. The number of nitrogens with zero attached hydrogens (tertiary/aromatic N) is 1. The Morgan fingerprint density at radius 2 is 2.13 bits per heavy atom. The lowest BCUT2D eigenvalue weighted by atomic mass is 10.1. The summed E-state index contributed by atoms with van der Waals surface area (Å²) in [6.45, 7) is 6.46. The standard InChI is InChI=1S/C10H18BrNO3/c1-10(2,3)15-9(14)12-5-4-7(11)8(13)6-12/h7-8,13H,4-6H2,1-3H3/t7-,8-/m0/s1. The third kappa shape index (κ3) is 3.99. The molecule has 0 spiro atoms. The first-order valence-electron chi connectivity index (χ1n) is 5.09. The van der Waals surface area contributed by atoms with Crippen molar-refractivity contribution >= 4 is 22.0 Å². The minimum Gasteiger partial charge on any atom is -0.444 e. The fraction of sp³-hybridized carbons (Fsp3) is 0.900. The van der Waals surface area contributed by atoms with Crippen molar-refractivity contribution in [1.82, 2.24) is 4.90 Å². The fourth-order valence-electron chi connectivity index (χ4n) is 1.40. The maximum absolute atomic E-state index is 11.6. The highest BCUT2D eigenvalue weighted by molar-refractivity contribution is 9.09. The first-order chi connectivity index (χ1) is 6.79. The van der Waals surface area contributed by atoms with E-state index in [0.29, 0.717) is 13.1 Å². The van der Waals surface area contributed by atoms with E-state index in [-0.39, 0.29) is 10.9 Å². The largest absolute Gasteiger partial charge is 0.444 e. The first-order valence-corrected chi connectivity index (χ1v) is 6.01. The number of amides is 1. The highest BCUT2D eigenvalue weighted by Gasteiger charge is 2.30. The SMILES string of the molecule is CC(C)(C)OC(=O)N1CC[C@H](Br)[C@@H](O)C1. The van der Waals surface area contributed by atoms with Gasteiger partial charge in [-0.25, -0.2) is 4.79 Å². The average molecular weight is 280 g/mol. The predicted molar refractivity (Wildman–Crippen MR) is 61.1 cm³/mol. The van der Waals surface area contributed by atoms with Crippen molar-refractivity contribution in [1.29, 1.82) is 0 Å². The summed E-state index contributed by atoms with van der Waals surface area (Å²) >= 11 is 3.36. The van der Waals surface area contributed by atoms with Crippen LogP contribution in [0.3, 0.4) is 0 Å². The fourth-order valence-corrected chi connectivity index (χ4v) is 1.77. The van der Waals surface area contributed by atoms with Gasteiger partial charge >= 0.3 is 6.09 Å². The average Bonchev–Trinajstić information content (AvgIpc) is 2.06. The molecule has 0 aromatic carbocycles. The van der Waals surface area contributed by atoms with Crippen LogP contribution >= 0.6 is 15.9 Å². The van der Waals surface area contributed by atoms with Gasteiger partial charge in [-0.05, 0) is 27.2 Å². The second-order valence-electron chi connectivity index (χ2n) is 4.80. The van der Waals surface area contributed by atoms with Crippen molar-refractivity contribution in [3.63, 3.8) is 0 Å². The summed E-state index contributed by atoms with van der Waals surface area (Å²) in [6, 6.07) is 0. The van der Waals surface area contributed by atoms with Crippen LogP contribution in [0.2, 0.25) is 0 Å². The van der Waals surface area contributed by atoms with Crippen LogP contribution in [0.4, 0.5) is 4.79 Å². The van der Waals surface area contributed by atoms with Crippen molar-refractivity contribution < 1.29 is 14.6 Å². The molecule has 1 fully saturated rings. The molecule has 1 N–H and O–H groups in total. The Bertz CT molecular complexity index is 239. The number of ether oxygens (including phenoxy) is 1. The van der Waals surface area contributed by atoms with Crippen LogP contribution in [-0.2, 0) is 4.74 Å². The van der Waals surface area contributed by atoms with Crippen molar-refractivity contribution in [3.05, 3.63) is 0 Å². The maximum atomic E-state index is 11.6. The van der Waals surface area contributed by atoms with Gasteiger partial charge in [0, 0.05) is 11.4 Å². The van der Waals surface area contributed by atoms with E-state index in [4.69, 9.17) is 4.74 Å². The Kier molecular flexibility index (Phi) is 4.00. The molecule has 0 radical (unpaired) electrons. The molecule has 0 bridgehead atoms. The van der Waals surface area contributed by atoms with Gasteiger partial charge in [-0.15, -0.1) is 0 Å². The minimum atomic E-state index is -0.508. The molecule has 0 unspecified atom stereocenters. The van der Waals surface area contributed by atoms with Gasteiger partial charge in [0.1, 0.15) is 5.60 Å². The number of aliphatic hydroxyl groups is 1. The molecule has 4 nitrogen and oxygen atoms in total. The Hall–Kier alpha value is -0.290. The van der Waals surface area contributed by atoms with Gasteiger partial charge in [-0.3, -0.25) is 0 Å². The molecule has 1 amide bonds. The van der Waals surface area contributed by atoms with Crippen LogP contribution in [0.15, 0.2) is 0 Å². The van der Waals surface area contributed by atoms with E-state index in [1.165, 1.54) is 0 Å². The van der Waals surface area contributed by atoms with Gasteiger partial charge in [0.15, 0.2) is 0 Å². The smallest absolute Gasteiger partial charge is 0.410 e. The number of likely N-dealkylation sites (tertiary alicyclic amines) is 1. The number of halogens is 1. The molecule has 1 heterocycles. The molecule has 0 aliphatic carbocycles. The highest BCUT2D eigenvalue weighted by atomic mass is 79.9. The zero-order chi connectivity index (χ0) is 11.6. The molecule has 0 aromatic rings. The van der Waals surface area contributed by atoms with Crippen molar-refractivity contribution in [3.8, 4) is 0 Å². The number of carbonyl (C=O) groups excluding carboxylic acids is 1. The van der Waals surface area contributed by atoms with E-state index >= 15 is 0 Å². The van der Waals surface area contributed by atoms with Crippen molar-refractivity contribution in [2.24, 2.45) is 0 Å². The molecule has 88 valence electrons. The Morgan fingerprint density at radius 1 is 1.53 bits per heavy atom. The van der Waals surface area contributed by atoms with Crippen LogP contribution in [0, 0.1) is 0 Å². The number of piperidine rings is 1. The molecule has 1 aliphatic rings. The normalized spacial score (nSPS) is 27.7. The Labute approximate surface area is 98.7 Å². The number of alkyl halides is 1. The summed E-state index contributed by atoms with van der Waals surface area (Å²) in [5, 5.41) is 9.60. The molecular weight excluding hydrogens is 262 g/mol. The Morgan fingerprint density at radius 3 is 2.60 bits per heavy atom. The molecule has 1 saturated heterocycles. The van der Waals surface area contributed by atoms with Gasteiger partial charge < -0.3 is 14.7 Å². The Balaban J connectivity index is 2.48. The predicted octanol–water partition coefficient (Wildman–Crippen LogP) is 1.75. The number of hydrogen-bond acceptors (Lipinski definition) is 3. The van der Waals surface area contributed by atoms with Crippen LogP contribution < -0.4 is 0 Å². The van der Waals surface area contributed by atoms with Crippen LogP contribution in [0.25, 0.3) is 0 Å². The third-order valence-corrected chi connectivity index (χ3v) is 3.22. The van der Waals surface area contributed by atoms with E-state index in [9.17, 15) is 9.90 Å². The molecule has 0 aromatic heterocycles. The molecular formula is C10H18BrNO3. The minimum absolute atomic E-state index is 0.0798. The number of hydrogen-bond donors (Lipinski definition) is 1. The van der Waals surface area contributed by atoms with Gasteiger partial charge in [0.05, 0.1) is 12.6 Å². The summed E-state index contributed by atoms with van der Waals surface area (Å²) in [5.74, 6) is 0. The van der Waals surface area contributed by atoms with E-state index in [0.717, 1.165) is 6.42 Å². The lowest BCUT2D eigenvalue weighted by Crippen LogP contribution is -2.48. The zero-order valence-electron chi connectivity index (χ0n) is 9.36. The summed E-state index contributed by atoms with van der Waals surface area (Å²) in [6.07, 6.45) is -0.104. The summed E-state index contributed by atoms with van der Waals surface area (Å²) in [7, 11) is 0. The molecule has 0 saturated carbocycles. The maximum Gasteiger partial charge on any atom is 0.410 e. The van der Waals surface area contributed by atoms with Gasteiger partial charge in [-0.2, -0.15) is 0 Å². The lowest BCUT2D eigenvalue weighted by molar-refractivity contribution is 0.00580. The van der Waals surface area contributed by atoms with Crippen LogP contribution in [0.5, 0.6) is 0 Å². The molecule has 1 rings (SSSR count).